The molecule has 2 aromatic rings. The molecule has 3 amide bonds. The van der Waals surface area contributed by atoms with Crippen molar-refractivity contribution in [1.82, 2.24) is 10.2 Å². The van der Waals surface area contributed by atoms with Gasteiger partial charge in [0, 0.05) is 5.54 Å². The smallest absolute Gasteiger partial charge is 0.408 e. The van der Waals surface area contributed by atoms with Crippen LogP contribution in [0, 0.1) is 6.92 Å². The first-order chi connectivity index (χ1) is 16.1. The normalized spacial score (nSPS) is 13.4. The topological polar surface area (TPSA) is 87.7 Å². The molecule has 7 nitrogen and oxygen atoms in total. The summed E-state index contributed by atoms with van der Waals surface area (Å²) >= 11 is 6.36. The third-order valence-corrected chi connectivity index (χ3v) is 5.47. The average molecular weight is 502 g/mol. The lowest BCUT2D eigenvalue weighted by Gasteiger charge is -2.42. The number of amides is 3. The summed E-state index contributed by atoms with van der Waals surface area (Å²) < 4.78 is 5.31. The fraction of sp³-hybridized carbons (Fsp3) is 0.444. The molecule has 0 radical (unpaired) electrons. The summed E-state index contributed by atoms with van der Waals surface area (Å²) in [6, 6.07) is 12.5. The van der Waals surface area contributed by atoms with Gasteiger partial charge in [0.25, 0.3) is 5.91 Å². The summed E-state index contributed by atoms with van der Waals surface area (Å²) in [4.78, 5) is 41.3. The van der Waals surface area contributed by atoms with Gasteiger partial charge in [-0.1, -0.05) is 54.1 Å². The molecule has 0 fully saturated rings. The third-order valence-electron chi connectivity index (χ3n) is 5.16. The van der Waals surface area contributed by atoms with Gasteiger partial charge in [0.15, 0.2) is 0 Å². The van der Waals surface area contributed by atoms with E-state index >= 15 is 0 Å². The highest BCUT2D eigenvalue weighted by Gasteiger charge is 2.41. The first kappa shape index (κ1) is 28.2. The third kappa shape index (κ3) is 7.72. The molecule has 0 spiro atoms. The number of carbonyl (C=O) groups is 3. The number of halogens is 1. The van der Waals surface area contributed by atoms with E-state index in [2.05, 4.69) is 10.6 Å². The van der Waals surface area contributed by atoms with E-state index in [0.29, 0.717) is 16.3 Å². The van der Waals surface area contributed by atoms with Crippen molar-refractivity contribution in [2.45, 2.75) is 78.6 Å². The molecule has 190 valence electrons. The molecule has 8 heteroatoms. The average Bonchev–Trinajstić information content (AvgIpc) is 2.72. The molecule has 0 bridgehead atoms. The molecule has 2 rings (SSSR count). The lowest BCUT2D eigenvalue weighted by Crippen LogP contribution is -2.57. The highest BCUT2D eigenvalue weighted by atomic mass is 35.5. The predicted octanol–water partition coefficient (Wildman–Crippen LogP) is 5.87. The van der Waals surface area contributed by atoms with E-state index in [1.54, 1.807) is 52.0 Å². The van der Waals surface area contributed by atoms with Crippen molar-refractivity contribution in [1.29, 1.82) is 0 Å². The SMILES string of the molecule is Cc1cccc(Cl)c1NC(=O)C(c1ccccc1)N(C(=O)C(C)NC(=O)OC(C)(C)C)C(C)(C)C. The van der Waals surface area contributed by atoms with Crippen LogP contribution in [0.2, 0.25) is 5.02 Å². The molecule has 2 unspecified atom stereocenters. The molecular formula is C27H36ClN3O4. The second-order valence-electron chi connectivity index (χ2n) is 10.5. The number of nitrogens with one attached hydrogen (secondary N) is 2. The Labute approximate surface area is 213 Å². The maximum Gasteiger partial charge on any atom is 0.408 e. The number of rotatable bonds is 6. The highest BCUT2D eigenvalue weighted by Crippen LogP contribution is 2.33. The molecule has 0 aliphatic rings. The Balaban J connectivity index is 2.48. The zero-order chi connectivity index (χ0) is 26.6. The van der Waals surface area contributed by atoms with Gasteiger partial charge in [-0.05, 0) is 72.6 Å². The van der Waals surface area contributed by atoms with Crippen molar-refractivity contribution in [2.24, 2.45) is 0 Å². The number of anilines is 1. The summed E-state index contributed by atoms with van der Waals surface area (Å²) in [5.41, 5.74) is 0.430. The second kappa shape index (κ2) is 11.1. The first-order valence-corrected chi connectivity index (χ1v) is 11.9. The first-order valence-electron chi connectivity index (χ1n) is 11.6. The number of aryl methyl sites for hydroxylation is 1. The minimum absolute atomic E-state index is 0.402. The molecule has 0 heterocycles. The molecule has 2 N–H and O–H groups in total. The van der Waals surface area contributed by atoms with Gasteiger partial charge < -0.3 is 20.3 Å². The van der Waals surface area contributed by atoms with Crippen LogP contribution < -0.4 is 10.6 Å². The van der Waals surface area contributed by atoms with Gasteiger partial charge in [0.2, 0.25) is 5.91 Å². The fourth-order valence-corrected chi connectivity index (χ4v) is 3.90. The number of hydrogen-bond donors (Lipinski definition) is 2. The van der Waals surface area contributed by atoms with E-state index in [0.717, 1.165) is 5.56 Å². The number of carbonyl (C=O) groups excluding carboxylic acids is 3. The van der Waals surface area contributed by atoms with Crippen LogP contribution in [-0.4, -0.2) is 40.0 Å². The summed E-state index contributed by atoms with van der Waals surface area (Å²) in [6.07, 6.45) is -0.709. The van der Waals surface area contributed by atoms with E-state index in [9.17, 15) is 14.4 Å². The van der Waals surface area contributed by atoms with Gasteiger partial charge in [-0.15, -0.1) is 0 Å². The minimum Gasteiger partial charge on any atom is -0.444 e. The minimum atomic E-state index is -0.984. The van der Waals surface area contributed by atoms with Crippen molar-refractivity contribution in [2.75, 3.05) is 5.32 Å². The Morgan fingerprint density at radius 1 is 0.943 bits per heavy atom. The summed E-state index contributed by atoms with van der Waals surface area (Å²) in [7, 11) is 0. The Hall–Kier alpha value is -3.06. The highest BCUT2D eigenvalue weighted by molar-refractivity contribution is 6.34. The number of ether oxygens (including phenoxy) is 1. The van der Waals surface area contributed by atoms with Crippen LogP contribution >= 0.6 is 11.6 Å². The van der Waals surface area contributed by atoms with Gasteiger partial charge in [0.1, 0.15) is 17.7 Å². The molecule has 0 aliphatic carbocycles. The van der Waals surface area contributed by atoms with Crippen molar-refractivity contribution in [3.8, 4) is 0 Å². The number of alkyl carbamates (subject to hydrolysis) is 1. The van der Waals surface area contributed by atoms with Crippen LogP contribution in [0.4, 0.5) is 10.5 Å². The maximum absolute atomic E-state index is 13.8. The fourth-order valence-electron chi connectivity index (χ4n) is 3.63. The van der Waals surface area contributed by atoms with Crippen LogP contribution in [0.25, 0.3) is 0 Å². The van der Waals surface area contributed by atoms with E-state index in [4.69, 9.17) is 16.3 Å². The van der Waals surface area contributed by atoms with Crippen molar-refractivity contribution in [3.05, 3.63) is 64.7 Å². The van der Waals surface area contributed by atoms with Crippen LogP contribution in [0.3, 0.4) is 0 Å². The largest absolute Gasteiger partial charge is 0.444 e. The Morgan fingerprint density at radius 2 is 1.54 bits per heavy atom. The standard InChI is InChI=1S/C27H36ClN3O4/c1-17-13-12-16-20(28)21(17)30-23(32)22(19-14-10-9-11-15-19)31(26(3,4)5)24(33)18(2)29-25(34)35-27(6,7)8/h9-16,18,22H,1-8H3,(H,29,34)(H,30,32). The van der Waals surface area contributed by atoms with Gasteiger partial charge >= 0.3 is 6.09 Å². The lowest BCUT2D eigenvalue weighted by atomic mass is 9.95. The number of hydrogen-bond acceptors (Lipinski definition) is 4. The van der Waals surface area contributed by atoms with Crippen LogP contribution in [-0.2, 0) is 14.3 Å². The van der Waals surface area contributed by atoms with E-state index < -0.39 is 41.1 Å². The monoisotopic (exact) mass is 501 g/mol. The Kier molecular flexibility index (Phi) is 8.95. The van der Waals surface area contributed by atoms with E-state index in [1.807, 2.05) is 52.0 Å². The van der Waals surface area contributed by atoms with Crippen LogP contribution in [0.15, 0.2) is 48.5 Å². The zero-order valence-corrected chi connectivity index (χ0v) is 22.5. The molecular weight excluding hydrogens is 466 g/mol. The van der Waals surface area contributed by atoms with Gasteiger partial charge in [-0.2, -0.15) is 0 Å². The van der Waals surface area contributed by atoms with Crippen LogP contribution in [0.5, 0.6) is 0 Å². The number of benzene rings is 2. The van der Waals surface area contributed by atoms with E-state index in [1.165, 1.54) is 4.90 Å². The zero-order valence-electron chi connectivity index (χ0n) is 21.7. The lowest BCUT2D eigenvalue weighted by molar-refractivity contribution is -0.146. The summed E-state index contributed by atoms with van der Waals surface area (Å²) in [5.74, 6) is -0.844. The molecule has 0 saturated heterocycles. The van der Waals surface area contributed by atoms with Crippen LogP contribution in [0.1, 0.15) is 65.6 Å². The number of nitrogens with zero attached hydrogens (tertiary/aromatic N) is 1. The molecule has 2 aromatic carbocycles. The quantitative estimate of drug-likeness (QED) is 0.518. The molecule has 0 aliphatic heterocycles. The molecule has 0 saturated carbocycles. The number of para-hydroxylation sites is 1. The Bertz CT molecular complexity index is 1040. The van der Waals surface area contributed by atoms with Crippen molar-refractivity contribution in [3.63, 3.8) is 0 Å². The van der Waals surface area contributed by atoms with Gasteiger partial charge in [0.05, 0.1) is 10.7 Å². The maximum atomic E-state index is 13.8. The summed E-state index contributed by atoms with van der Waals surface area (Å²) in [6.45, 7) is 14.2. The van der Waals surface area contributed by atoms with Gasteiger partial charge in [-0.3, -0.25) is 9.59 Å². The predicted molar refractivity (Wildman–Crippen MR) is 139 cm³/mol. The molecule has 2 atom stereocenters. The molecule has 0 aromatic heterocycles. The van der Waals surface area contributed by atoms with E-state index in [-0.39, 0.29) is 0 Å². The second-order valence-corrected chi connectivity index (χ2v) is 10.9. The van der Waals surface area contributed by atoms with Crippen molar-refractivity contribution >= 4 is 35.2 Å². The van der Waals surface area contributed by atoms with Crippen molar-refractivity contribution < 1.29 is 19.1 Å². The Morgan fingerprint density at radius 3 is 2.06 bits per heavy atom. The summed E-state index contributed by atoms with van der Waals surface area (Å²) in [5, 5.41) is 5.92. The molecule has 35 heavy (non-hydrogen) atoms. The van der Waals surface area contributed by atoms with Gasteiger partial charge in [-0.25, -0.2) is 4.79 Å².